The highest BCUT2D eigenvalue weighted by Crippen LogP contribution is 2.28. The Bertz CT molecular complexity index is 592. The number of nitrogens with zero attached hydrogens (tertiary/aromatic N) is 3. The lowest BCUT2D eigenvalue weighted by Gasteiger charge is -2.29. The first-order valence-electron chi connectivity index (χ1n) is 9.84. The van der Waals surface area contributed by atoms with Gasteiger partial charge in [-0.05, 0) is 37.3 Å². The quantitative estimate of drug-likeness (QED) is 0.651. The average molecular weight is 363 g/mol. The first-order chi connectivity index (χ1) is 12.4. The Morgan fingerprint density at radius 1 is 1.35 bits per heavy atom. The van der Waals surface area contributed by atoms with E-state index in [-0.39, 0.29) is 18.5 Å². The number of carbonyl (C=O) groups excluding carboxylic acids is 2. The molecule has 6 heteroatoms. The molecule has 1 fully saturated rings. The second kappa shape index (κ2) is 9.64. The summed E-state index contributed by atoms with van der Waals surface area (Å²) < 4.78 is 2.05. The van der Waals surface area contributed by atoms with Crippen LogP contribution in [0.2, 0.25) is 0 Å². The largest absolute Gasteiger partial charge is 0.353 e. The summed E-state index contributed by atoms with van der Waals surface area (Å²) in [5.74, 6) is 0.363. The molecule has 0 atom stereocenters. The van der Waals surface area contributed by atoms with Gasteiger partial charge in [0, 0.05) is 38.1 Å². The Labute approximate surface area is 157 Å². The molecule has 2 rings (SSSR count). The molecule has 0 saturated heterocycles. The molecule has 0 radical (unpaired) electrons. The topological polar surface area (TPSA) is 57.6 Å². The van der Waals surface area contributed by atoms with Gasteiger partial charge in [0.15, 0.2) is 0 Å². The van der Waals surface area contributed by atoms with Gasteiger partial charge in [-0.25, -0.2) is 4.79 Å². The van der Waals surface area contributed by atoms with Crippen LogP contribution in [0.5, 0.6) is 0 Å². The van der Waals surface area contributed by atoms with E-state index < -0.39 is 0 Å². The molecule has 1 N–H and O–H groups in total. The lowest BCUT2D eigenvalue weighted by Crippen LogP contribution is -2.48. The van der Waals surface area contributed by atoms with Crippen LogP contribution in [0.1, 0.15) is 52.1 Å². The molecule has 6 nitrogen and oxygen atoms in total. The van der Waals surface area contributed by atoms with Gasteiger partial charge in [-0.2, -0.15) is 0 Å². The van der Waals surface area contributed by atoms with Gasteiger partial charge in [-0.1, -0.05) is 27.2 Å². The van der Waals surface area contributed by atoms with Gasteiger partial charge < -0.3 is 19.7 Å². The van der Waals surface area contributed by atoms with Gasteiger partial charge in [0.1, 0.15) is 6.54 Å². The maximum Gasteiger partial charge on any atom is 0.317 e. The van der Waals surface area contributed by atoms with E-state index in [1.54, 1.807) is 4.90 Å². The number of aryl methyl sites for hydroxylation is 1. The van der Waals surface area contributed by atoms with Crippen LogP contribution in [0.3, 0.4) is 0 Å². The minimum Gasteiger partial charge on any atom is -0.353 e. The van der Waals surface area contributed by atoms with Crippen molar-refractivity contribution in [2.75, 3.05) is 19.6 Å². The average Bonchev–Trinajstić information content (AvgIpc) is 3.34. The number of urea groups is 1. The van der Waals surface area contributed by atoms with Gasteiger partial charge in [0.2, 0.25) is 5.91 Å². The van der Waals surface area contributed by atoms with Gasteiger partial charge in [-0.3, -0.25) is 4.79 Å². The first kappa shape index (κ1) is 20.3. The molecule has 1 aliphatic carbocycles. The zero-order valence-electron chi connectivity index (χ0n) is 16.7. The van der Waals surface area contributed by atoms with Crippen LogP contribution >= 0.6 is 0 Å². The molecule has 3 amide bonds. The highest BCUT2D eigenvalue weighted by molar-refractivity contribution is 5.84. The predicted octanol–water partition coefficient (Wildman–Crippen LogP) is 2.98. The van der Waals surface area contributed by atoms with Crippen molar-refractivity contribution in [3.8, 4) is 0 Å². The molecule has 1 saturated carbocycles. The van der Waals surface area contributed by atoms with Crippen molar-refractivity contribution in [1.29, 1.82) is 0 Å². The second-order valence-corrected chi connectivity index (χ2v) is 7.72. The highest BCUT2D eigenvalue weighted by Gasteiger charge is 2.34. The normalized spacial score (nSPS) is 13.7. The van der Waals surface area contributed by atoms with Crippen molar-refractivity contribution in [2.24, 2.45) is 13.0 Å². The van der Waals surface area contributed by atoms with E-state index >= 15 is 0 Å². The Morgan fingerprint density at radius 3 is 2.62 bits per heavy atom. The van der Waals surface area contributed by atoms with E-state index in [0.29, 0.717) is 31.6 Å². The summed E-state index contributed by atoms with van der Waals surface area (Å²) in [6.07, 6.45) is 6.11. The molecular formula is C20H34N4O2. The summed E-state index contributed by atoms with van der Waals surface area (Å²) in [5.41, 5.74) is 1.12. The lowest BCUT2D eigenvalue weighted by molar-refractivity contribution is -0.133. The first-order valence-corrected chi connectivity index (χ1v) is 9.84. The zero-order chi connectivity index (χ0) is 19.1. The summed E-state index contributed by atoms with van der Waals surface area (Å²) in [6, 6.07) is 4.24. The van der Waals surface area contributed by atoms with Crippen LogP contribution in [0.15, 0.2) is 18.3 Å². The standard InChI is InChI=1S/C20H34N4O2/c1-5-6-11-21-20(26)23(13-16(2)3)15-19(25)24(17-9-10-17)14-18-8-7-12-22(18)4/h7-8,12,16-17H,5-6,9-11,13-15H2,1-4H3,(H,21,26). The number of carbonyl (C=O) groups is 2. The summed E-state index contributed by atoms with van der Waals surface area (Å²) in [7, 11) is 2.00. The third kappa shape index (κ3) is 6.07. The molecule has 1 aromatic heterocycles. The van der Waals surface area contributed by atoms with E-state index in [0.717, 1.165) is 31.4 Å². The van der Waals surface area contributed by atoms with Crippen LogP contribution in [-0.2, 0) is 18.4 Å². The third-order valence-corrected chi connectivity index (χ3v) is 4.70. The fourth-order valence-electron chi connectivity index (χ4n) is 3.04. The summed E-state index contributed by atoms with van der Waals surface area (Å²) in [6.45, 7) is 8.24. The molecule has 0 unspecified atom stereocenters. The second-order valence-electron chi connectivity index (χ2n) is 7.72. The van der Waals surface area contributed by atoms with Gasteiger partial charge in [0.25, 0.3) is 0 Å². The number of hydrogen-bond donors (Lipinski definition) is 1. The van der Waals surface area contributed by atoms with Crippen molar-refractivity contribution in [3.63, 3.8) is 0 Å². The molecule has 146 valence electrons. The number of amides is 3. The maximum absolute atomic E-state index is 13.0. The maximum atomic E-state index is 13.0. The van der Waals surface area contributed by atoms with E-state index in [4.69, 9.17) is 0 Å². The van der Waals surface area contributed by atoms with Crippen LogP contribution in [-0.4, -0.2) is 52.0 Å². The smallest absolute Gasteiger partial charge is 0.317 e. The van der Waals surface area contributed by atoms with Crippen molar-refractivity contribution < 1.29 is 9.59 Å². The number of aromatic nitrogens is 1. The fourth-order valence-corrected chi connectivity index (χ4v) is 3.04. The minimum absolute atomic E-state index is 0.0417. The van der Waals surface area contributed by atoms with Crippen molar-refractivity contribution >= 4 is 11.9 Å². The van der Waals surface area contributed by atoms with E-state index in [1.165, 1.54) is 0 Å². The number of nitrogens with one attached hydrogen (secondary N) is 1. The molecular weight excluding hydrogens is 328 g/mol. The Morgan fingerprint density at radius 2 is 2.08 bits per heavy atom. The SMILES string of the molecule is CCCCNC(=O)N(CC(=O)N(Cc1cccn1C)C1CC1)CC(C)C. The zero-order valence-corrected chi connectivity index (χ0v) is 16.7. The van der Waals surface area contributed by atoms with E-state index in [9.17, 15) is 9.59 Å². The van der Waals surface area contributed by atoms with Crippen LogP contribution in [0.25, 0.3) is 0 Å². The number of hydrogen-bond acceptors (Lipinski definition) is 2. The van der Waals surface area contributed by atoms with Crippen LogP contribution < -0.4 is 5.32 Å². The minimum atomic E-state index is -0.130. The summed E-state index contributed by atoms with van der Waals surface area (Å²) in [4.78, 5) is 29.1. The van der Waals surface area contributed by atoms with E-state index in [2.05, 4.69) is 26.1 Å². The third-order valence-electron chi connectivity index (χ3n) is 4.70. The van der Waals surface area contributed by atoms with E-state index in [1.807, 2.05) is 34.8 Å². The van der Waals surface area contributed by atoms with Crippen LogP contribution in [0, 0.1) is 5.92 Å². The number of unbranched alkanes of at least 4 members (excludes halogenated alkanes) is 1. The van der Waals surface area contributed by atoms with Crippen molar-refractivity contribution in [2.45, 2.75) is 59.0 Å². The summed E-state index contributed by atoms with van der Waals surface area (Å²) in [5, 5.41) is 2.95. The highest BCUT2D eigenvalue weighted by atomic mass is 16.2. The van der Waals surface area contributed by atoms with Crippen molar-refractivity contribution in [1.82, 2.24) is 19.7 Å². The van der Waals surface area contributed by atoms with Crippen molar-refractivity contribution in [3.05, 3.63) is 24.0 Å². The Hall–Kier alpha value is -1.98. The molecule has 0 aromatic carbocycles. The lowest BCUT2D eigenvalue weighted by atomic mass is 10.2. The van der Waals surface area contributed by atoms with Gasteiger partial charge in [-0.15, -0.1) is 0 Å². The molecule has 26 heavy (non-hydrogen) atoms. The number of rotatable bonds is 10. The Kier molecular flexibility index (Phi) is 7.54. The molecule has 1 heterocycles. The molecule has 0 spiro atoms. The molecule has 1 aliphatic rings. The molecule has 0 aliphatic heterocycles. The molecule has 1 aromatic rings. The van der Waals surface area contributed by atoms with Gasteiger partial charge >= 0.3 is 6.03 Å². The molecule has 0 bridgehead atoms. The Balaban J connectivity index is 2.00. The van der Waals surface area contributed by atoms with Gasteiger partial charge in [0.05, 0.1) is 6.54 Å². The summed E-state index contributed by atoms with van der Waals surface area (Å²) >= 11 is 0. The van der Waals surface area contributed by atoms with Crippen LogP contribution in [0.4, 0.5) is 4.79 Å². The fraction of sp³-hybridized carbons (Fsp3) is 0.700. The predicted molar refractivity (Wildman–Crippen MR) is 104 cm³/mol. The monoisotopic (exact) mass is 362 g/mol.